The summed E-state index contributed by atoms with van der Waals surface area (Å²) in [5.74, 6) is 0.931. The van der Waals surface area contributed by atoms with E-state index in [2.05, 4.69) is 6.92 Å². The molecule has 1 aliphatic rings. The Balaban J connectivity index is 1.96. The lowest BCUT2D eigenvalue weighted by Crippen LogP contribution is -2.17. The number of aliphatic hydroxyl groups is 1. The van der Waals surface area contributed by atoms with E-state index >= 15 is 0 Å². The molecule has 0 amide bonds. The van der Waals surface area contributed by atoms with Gasteiger partial charge in [-0.25, -0.2) is 0 Å². The van der Waals surface area contributed by atoms with Crippen molar-refractivity contribution in [1.29, 1.82) is 0 Å². The van der Waals surface area contributed by atoms with E-state index in [-0.39, 0.29) is 6.10 Å². The van der Waals surface area contributed by atoms with E-state index in [4.69, 9.17) is 0 Å². The van der Waals surface area contributed by atoms with Gasteiger partial charge in [-0.15, -0.1) is 0 Å². The predicted octanol–water partition coefficient (Wildman–Crippen LogP) is 3.51. The molecule has 1 N–H and O–H groups in total. The van der Waals surface area contributed by atoms with Crippen molar-refractivity contribution in [1.82, 2.24) is 0 Å². The fourth-order valence-electron chi connectivity index (χ4n) is 2.29. The highest BCUT2D eigenvalue weighted by Crippen LogP contribution is 2.28. The lowest BCUT2D eigenvalue weighted by atomic mass is 9.84. The van der Waals surface area contributed by atoms with E-state index in [0.717, 1.165) is 18.8 Å². The van der Waals surface area contributed by atoms with Gasteiger partial charge < -0.3 is 5.11 Å². The second kappa shape index (κ2) is 6.42. The third kappa shape index (κ3) is 4.66. The van der Waals surface area contributed by atoms with Crippen molar-refractivity contribution in [3.8, 4) is 0 Å². The van der Waals surface area contributed by atoms with Crippen molar-refractivity contribution < 1.29 is 5.11 Å². The Kier molecular flexibility index (Phi) is 5.45. The Hall–Kier alpha value is -0.0400. The normalized spacial score (nSPS) is 29.1. The summed E-state index contributed by atoms with van der Waals surface area (Å²) in [6, 6.07) is 0. The van der Waals surface area contributed by atoms with Crippen molar-refractivity contribution in [2.75, 3.05) is 0 Å². The van der Waals surface area contributed by atoms with Crippen LogP contribution in [0.15, 0.2) is 0 Å². The summed E-state index contributed by atoms with van der Waals surface area (Å²) >= 11 is 0. The zero-order valence-corrected chi connectivity index (χ0v) is 8.97. The van der Waals surface area contributed by atoms with Gasteiger partial charge in [0.15, 0.2) is 0 Å². The van der Waals surface area contributed by atoms with Crippen molar-refractivity contribution in [2.45, 2.75) is 70.8 Å². The summed E-state index contributed by atoms with van der Waals surface area (Å²) in [6.07, 6.45) is 11.6. The minimum atomic E-state index is 0.0203. The number of hydrogen-bond acceptors (Lipinski definition) is 1. The highest BCUT2D eigenvalue weighted by molar-refractivity contribution is 4.71. The first kappa shape index (κ1) is 11.0. The molecule has 0 spiro atoms. The molecule has 1 rings (SSSR count). The van der Waals surface area contributed by atoms with Crippen molar-refractivity contribution in [3.05, 3.63) is 0 Å². The molecular weight excluding hydrogens is 160 g/mol. The second-order valence-electron chi connectivity index (χ2n) is 4.52. The van der Waals surface area contributed by atoms with E-state index in [9.17, 15) is 5.11 Å². The first-order chi connectivity index (χ1) is 6.33. The molecule has 0 atom stereocenters. The maximum Gasteiger partial charge on any atom is 0.0540 e. The van der Waals surface area contributed by atoms with E-state index in [0.29, 0.717) is 0 Å². The molecule has 0 unspecified atom stereocenters. The standard InChI is InChI=1S/C12H24O/c1-2-3-4-5-6-11-7-9-12(13)10-8-11/h11-13H,2-10H2,1H3. The average Bonchev–Trinajstić information content (AvgIpc) is 2.15. The summed E-state index contributed by atoms with van der Waals surface area (Å²) in [6.45, 7) is 2.26. The second-order valence-corrected chi connectivity index (χ2v) is 4.52. The summed E-state index contributed by atoms with van der Waals surface area (Å²) in [4.78, 5) is 0. The summed E-state index contributed by atoms with van der Waals surface area (Å²) < 4.78 is 0. The summed E-state index contributed by atoms with van der Waals surface area (Å²) in [5.41, 5.74) is 0. The molecule has 0 aliphatic heterocycles. The lowest BCUT2D eigenvalue weighted by Gasteiger charge is -2.25. The van der Waals surface area contributed by atoms with Gasteiger partial charge in [0.25, 0.3) is 0 Å². The van der Waals surface area contributed by atoms with Crippen LogP contribution in [0.5, 0.6) is 0 Å². The zero-order chi connectivity index (χ0) is 9.52. The summed E-state index contributed by atoms with van der Waals surface area (Å²) in [5, 5.41) is 9.34. The monoisotopic (exact) mass is 184 g/mol. The molecule has 0 radical (unpaired) electrons. The topological polar surface area (TPSA) is 20.2 Å². The van der Waals surface area contributed by atoms with Crippen LogP contribution in [-0.4, -0.2) is 11.2 Å². The fraction of sp³-hybridized carbons (Fsp3) is 1.00. The molecule has 0 aromatic heterocycles. The molecule has 0 aromatic carbocycles. The van der Waals surface area contributed by atoms with Gasteiger partial charge in [0.05, 0.1) is 6.10 Å². The van der Waals surface area contributed by atoms with E-state index < -0.39 is 0 Å². The van der Waals surface area contributed by atoms with Crippen LogP contribution in [-0.2, 0) is 0 Å². The molecule has 78 valence electrons. The highest BCUT2D eigenvalue weighted by Gasteiger charge is 2.18. The number of aliphatic hydroxyl groups excluding tert-OH is 1. The average molecular weight is 184 g/mol. The van der Waals surface area contributed by atoms with Gasteiger partial charge in [-0.3, -0.25) is 0 Å². The first-order valence-electron chi connectivity index (χ1n) is 6.01. The molecular formula is C12H24O. The Morgan fingerprint density at radius 3 is 2.31 bits per heavy atom. The minimum Gasteiger partial charge on any atom is -0.393 e. The van der Waals surface area contributed by atoms with Crippen molar-refractivity contribution in [3.63, 3.8) is 0 Å². The van der Waals surface area contributed by atoms with Crippen molar-refractivity contribution >= 4 is 0 Å². The minimum absolute atomic E-state index is 0.0203. The van der Waals surface area contributed by atoms with Gasteiger partial charge in [-0.05, 0) is 31.6 Å². The number of unbranched alkanes of at least 4 members (excludes halogenated alkanes) is 3. The Morgan fingerprint density at radius 1 is 1.00 bits per heavy atom. The first-order valence-corrected chi connectivity index (χ1v) is 6.01. The SMILES string of the molecule is CCCCCCC1CCC(O)CC1. The van der Waals surface area contributed by atoms with Crippen LogP contribution in [0.3, 0.4) is 0 Å². The molecule has 0 saturated heterocycles. The third-order valence-corrected chi connectivity index (χ3v) is 3.28. The number of rotatable bonds is 5. The van der Waals surface area contributed by atoms with Gasteiger partial charge in [-0.1, -0.05) is 39.0 Å². The van der Waals surface area contributed by atoms with Crippen molar-refractivity contribution in [2.24, 2.45) is 5.92 Å². The van der Waals surface area contributed by atoms with Crippen LogP contribution in [0.2, 0.25) is 0 Å². The molecule has 1 heteroatoms. The van der Waals surface area contributed by atoms with Crippen LogP contribution in [0.25, 0.3) is 0 Å². The predicted molar refractivity (Wildman–Crippen MR) is 56.7 cm³/mol. The fourth-order valence-corrected chi connectivity index (χ4v) is 2.29. The van der Waals surface area contributed by atoms with Gasteiger partial charge in [0, 0.05) is 0 Å². The van der Waals surface area contributed by atoms with Crippen LogP contribution >= 0.6 is 0 Å². The van der Waals surface area contributed by atoms with Crippen LogP contribution in [0.4, 0.5) is 0 Å². The smallest absolute Gasteiger partial charge is 0.0540 e. The van der Waals surface area contributed by atoms with Crippen LogP contribution in [0.1, 0.15) is 64.7 Å². The molecule has 1 aliphatic carbocycles. The maximum absolute atomic E-state index is 9.34. The maximum atomic E-state index is 9.34. The van der Waals surface area contributed by atoms with Gasteiger partial charge in [0.1, 0.15) is 0 Å². The lowest BCUT2D eigenvalue weighted by molar-refractivity contribution is 0.106. The largest absolute Gasteiger partial charge is 0.393 e. The highest BCUT2D eigenvalue weighted by atomic mass is 16.3. The van der Waals surface area contributed by atoms with Gasteiger partial charge in [0.2, 0.25) is 0 Å². The molecule has 13 heavy (non-hydrogen) atoms. The Labute approximate surface area is 82.5 Å². The quantitative estimate of drug-likeness (QED) is 0.648. The Morgan fingerprint density at radius 2 is 1.69 bits per heavy atom. The van der Waals surface area contributed by atoms with Crippen LogP contribution in [0, 0.1) is 5.92 Å². The molecule has 1 saturated carbocycles. The molecule has 0 heterocycles. The van der Waals surface area contributed by atoms with Gasteiger partial charge >= 0.3 is 0 Å². The Bertz CT molecular complexity index is 114. The van der Waals surface area contributed by atoms with E-state index in [1.54, 1.807) is 0 Å². The van der Waals surface area contributed by atoms with Gasteiger partial charge in [-0.2, -0.15) is 0 Å². The van der Waals surface area contributed by atoms with Crippen LogP contribution < -0.4 is 0 Å². The van der Waals surface area contributed by atoms with E-state index in [1.165, 1.54) is 44.9 Å². The summed E-state index contributed by atoms with van der Waals surface area (Å²) in [7, 11) is 0. The molecule has 0 aromatic rings. The van der Waals surface area contributed by atoms with E-state index in [1.807, 2.05) is 0 Å². The number of hydrogen-bond donors (Lipinski definition) is 1. The molecule has 1 fully saturated rings. The molecule has 0 bridgehead atoms. The molecule has 1 nitrogen and oxygen atoms in total. The zero-order valence-electron chi connectivity index (χ0n) is 8.97. The third-order valence-electron chi connectivity index (χ3n) is 3.28.